The molecule has 5 heteroatoms. The van der Waals surface area contributed by atoms with E-state index in [1.807, 2.05) is 35.0 Å². The Bertz CT molecular complexity index is 492. The zero-order valence-corrected chi connectivity index (χ0v) is 10.6. The third kappa shape index (κ3) is 2.37. The van der Waals surface area contributed by atoms with Gasteiger partial charge in [-0.3, -0.25) is 10.5 Å². The van der Waals surface area contributed by atoms with Gasteiger partial charge in [0.05, 0.1) is 18.8 Å². The van der Waals surface area contributed by atoms with Crippen molar-refractivity contribution in [1.29, 1.82) is 0 Å². The van der Waals surface area contributed by atoms with Crippen LogP contribution in [0.15, 0.2) is 36.5 Å². The molecule has 1 unspecified atom stereocenters. The highest BCUT2D eigenvalue weighted by Crippen LogP contribution is 2.23. The highest BCUT2D eigenvalue weighted by atomic mass is 16.5. The van der Waals surface area contributed by atoms with Gasteiger partial charge >= 0.3 is 0 Å². The Balaban J connectivity index is 2.32. The van der Waals surface area contributed by atoms with Gasteiger partial charge in [0, 0.05) is 12.7 Å². The maximum atomic E-state index is 5.67. The molecule has 0 spiro atoms. The van der Waals surface area contributed by atoms with Crippen molar-refractivity contribution >= 4 is 0 Å². The van der Waals surface area contributed by atoms with E-state index in [9.17, 15) is 0 Å². The molecule has 2 aromatic rings. The van der Waals surface area contributed by atoms with Gasteiger partial charge < -0.3 is 4.74 Å². The molecular formula is C13H18N4O. The van der Waals surface area contributed by atoms with Crippen LogP contribution in [-0.2, 0) is 6.54 Å². The van der Waals surface area contributed by atoms with Crippen LogP contribution in [0.1, 0.15) is 24.2 Å². The van der Waals surface area contributed by atoms with Crippen LogP contribution in [-0.4, -0.2) is 16.9 Å². The fourth-order valence-electron chi connectivity index (χ4n) is 2.00. The van der Waals surface area contributed by atoms with Gasteiger partial charge in [-0.25, -0.2) is 5.43 Å². The number of methoxy groups -OCH3 is 1. The van der Waals surface area contributed by atoms with E-state index >= 15 is 0 Å². The molecule has 1 heterocycles. The molecule has 1 aromatic heterocycles. The topological polar surface area (TPSA) is 65.1 Å². The first-order chi connectivity index (χ1) is 8.80. The molecule has 0 aliphatic heterocycles. The number of hydrogen-bond acceptors (Lipinski definition) is 4. The summed E-state index contributed by atoms with van der Waals surface area (Å²) < 4.78 is 7.07. The zero-order valence-electron chi connectivity index (χ0n) is 10.6. The Morgan fingerprint density at radius 2 is 2.06 bits per heavy atom. The Labute approximate surface area is 107 Å². The average Bonchev–Trinajstić information content (AvgIpc) is 2.89. The fourth-order valence-corrected chi connectivity index (χ4v) is 2.00. The lowest BCUT2D eigenvalue weighted by atomic mass is 10.0. The number of benzene rings is 1. The molecule has 0 fully saturated rings. The van der Waals surface area contributed by atoms with Crippen LogP contribution >= 0.6 is 0 Å². The van der Waals surface area contributed by atoms with E-state index in [0.717, 1.165) is 23.6 Å². The second kappa shape index (κ2) is 5.66. The van der Waals surface area contributed by atoms with Gasteiger partial charge in [0.1, 0.15) is 5.75 Å². The molecule has 96 valence electrons. The minimum Gasteiger partial charge on any atom is -0.497 e. The number of rotatable bonds is 5. The van der Waals surface area contributed by atoms with E-state index in [-0.39, 0.29) is 6.04 Å². The molecule has 0 amide bonds. The van der Waals surface area contributed by atoms with Crippen LogP contribution in [0, 0.1) is 0 Å². The normalized spacial score (nSPS) is 12.4. The molecule has 3 N–H and O–H groups in total. The Hall–Kier alpha value is -1.85. The van der Waals surface area contributed by atoms with Crippen LogP contribution < -0.4 is 16.0 Å². The Morgan fingerprint density at radius 1 is 1.33 bits per heavy atom. The van der Waals surface area contributed by atoms with E-state index in [4.69, 9.17) is 10.6 Å². The van der Waals surface area contributed by atoms with Crippen LogP contribution in [0.5, 0.6) is 5.75 Å². The minimum absolute atomic E-state index is 0.0710. The van der Waals surface area contributed by atoms with Crippen LogP contribution in [0.4, 0.5) is 0 Å². The lowest BCUT2D eigenvalue weighted by molar-refractivity contribution is 0.414. The Kier molecular flexibility index (Phi) is 3.96. The molecule has 1 aromatic carbocycles. The first kappa shape index (κ1) is 12.6. The molecule has 2 rings (SSSR count). The number of hydrogen-bond donors (Lipinski definition) is 2. The van der Waals surface area contributed by atoms with Gasteiger partial charge in [-0.2, -0.15) is 5.10 Å². The highest BCUT2D eigenvalue weighted by molar-refractivity contribution is 5.33. The van der Waals surface area contributed by atoms with Crippen molar-refractivity contribution in [3.05, 3.63) is 47.8 Å². The lowest BCUT2D eigenvalue weighted by Gasteiger charge is -2.18. The molecule has 18 heavy (non-hydrogen) atoms. The standard InChI is InChI=1S/C13H18N4O/c1-3-17-12(8-9-15-17)13(16-14)10-4-6-11(18-2)7-5-10/h4-9,13,16H,3,14H2,1-2H3. The molecule has 0 bridgehead atoms. The molecule has 5 nitrogen and oxygen atoms in total. The van der Waals surface area contributed by atoms with E-state index in [1.54, 1.807) is 13.3 Å². The van der Waals surface area contributed by atoms with Crippen molar-refractivity contribution in [3.8, 4) is 5.75 Å². The van der Waals surface area contributed by atoms with Crippen molar-refractivity contribution in [1.82, 2.24) is 15.2 Å². The van der Waals surface area contributed by atoms with Gasteiger partial charge in [0.15, 0.2) is 0 Å². The zero-order chi connectivity index (χ0) is 13.0. The first-order valence-corrected chi connectivity index (χ1v) is 5.92. The summed E-state index contributed by atoms with van der Waals surface area (Å²) in [5.41, 5.74) is 4.96. The summed E-state index contributed by atoms with van der Waals surface area (Å²) in [6.45, 7) is 2.87. The van der Waals surface area contributed by atoms with Gasteiger partial charge in [0.25, 0.3) is 0 Å². The Morgan fingerprint density at radius 3 is 2.61 bits per heavy atom. The van der Waals surface area contributed by atoms with Crippen molar-refractivity contribution in [2.24, 2.45) is 5.84 Å². The van der Waals surface area contributed by atoms with Crippen LogP contribution in [0.25, 0.3) is 0 Å². The second-order valence-corrected chi connectivity index (χ2v) is 3.94. The molecule has 0 aliphatic rings. The van der Waals surface area contributed by atoms with E-state index in [1.165, 1.54) is 0 Å². The third-order valence-electron chi connectivity index (χ3n) is 2.96. The van der Waals surface area contributed by atoms with Gasteiger partial charge in [-0.15, -0.1) is 0 Å². The number of nitrogens with zero attached hydrogens (tertiary/aromatic N) is 2. The van der Waals surface area contributed by atoms with Crippen LogP contribution in [0.3, 0.4) is 0 Å². The lowest BCUT2D eigenvalue weighted by Crippen LogP contribution is -2.30. The van der Waals surface area contributed by atoms with Gasteiger partial charge in [-0.05, 0) is 30.7 Å². The molecular weight excluding hydrogens is 228 g/mol. The average molecular weight is 246 g/mol. The summed E-state index contributed by atoms with van der Waals surface area (Å²) >= 11 is 0. The maximum Gasteiger partial charge on any atom is 0.118 e. The summed E-state index contributed by atoms with van der Waals surface area (Å²) in [5, 5.41) is 4.26. The van der Waals surface area contributed by atoms with E-state index in [0.29, 0.717) is 0 Å². The number of aryl methyl sites for hydroxylation is 1. The predicted molar refractivity (Wildman–Crippen MR) is 70.1 cm³/mol. The second-order valence-electron chi connectivity index (χ2n) is 3.94. The van der Waals surface area contributed by atoms with Crippen LogP contribution in [0.2, 0.25) is 0 Å². The smallest absolute Gasteiger partial charge is 0.118 e. The van der Waals surface area contributed by atoms with Crippen molar-refractivity contribution in [3.63, 3.8) is 0 Å². The van der Waals surface area contributed by atoms with E-state index < -0.39 is 0 Å². The summed E-state index contributed by atoms with van der Waals surface area (Å²) in [6, 6.07) is 9.74. The largest absolute Gasteiger partial charge is 0.497 e. The number of nitrogens with one attached hydrogen (secondary N) is 1. The summed E-state index contributed by atoms with van der Waals surface area (Å²) in [6.07, 6.45) is 1.78. The quantitative estimate of drug-likeness (QED) is 0.619. The monoisotopic (exact) mass is 246 g/mol. The molecule has 0 saturated carbocycles. The van der Waals surface area contributed by atoms with Gasteiger partial charge in [0.2, 0.25) is 0 Å². The number of aromatic nitrogens is 2. The number of hydrazine groups is 1. The number of ether oxygens (including phenoxy) is 1. The van der Waals surface area contributed by atoms with Crippen molar-refractivity contribution in [2.45, 2.75) is 19.5 Å². The van der Waals surface area contributed by atoms with E-state index in [2.05, 4.69) is 17.4 Å². The summed E-state index contributed by atoms with van der Waals surface area (Å²) in [5.74, 6) is 6.50. The third-order valence-corrected chi connectivity index (χ3v) is 2.96. The predicted octanol–water partition coefficient (Wildman–Crippen LogP) is 1.46. The maximum absolute atomic E-state index is 5.67. The van der Waals surface area contributed by atoms with Crippen molar-refractivity contribution in [2.75, 3.05) is 7.11 Å². The first-order valence-electron chi connectivity index (χ1n) is 5.92. The van der Waals surface area contributed by atoms with Gasteiger partial charge in [-0.1, -0.05) is 12.1 Å². The fraction of sp³-hybridized carbons (Fsp3) is 0.308. The highest BCUT2D eigenvalue weighted by Gasteiger charge is 2.16. The molecule has 0 radical (unpaired) electrons. The summed E-state index contributed by atoms with van der Waals surface area (Å²) in [4.78, 5) is 0. The molecule has 0 saturated heterocycles. The van der Waals surface area contributed by atoms with Crippen molar-refractivity contribution < 1.29 is 4.74 Å². The number of nitrogens with two attached hydrogens (primary N) is 1. The minimum atomic E-state index is -0.0710. The SMILES string of the molecule is CCn1nccc1C(NN)c1ccc(OC)cc1. The molecule has 1 atom stereocenters. The summed E-state index contributed by atoms with van der Waals surface area (Å²) in [7, 11) is 1.65. The molecule has 0 aliphatic carbocycles.